The lowest BCUT2D eigenvalue weighted by Gasteiger charge is -2.16. The second-order valence-corrected chi connectivity index (χ2v) is 5.84. The highest BCUT2D eigenvalue weighted by atomic mass is 16.5. The van der Waals surface area contributed by atoms with Crippen molar-refractivity contribution >= 4 is 11.8 Å². The van der Waals surface area contributed by atoms with Gasteiger partial charge in [-0.25, -0.2) is 0 Å². The van der Waals surface area contributed by atoms with Gasteiger partial charge in [-0.1, -0.05) is 36.4 Å². The van der Waals surface area contributed by atoms with Gasteiger partial charge in [-0.05, 0) is 29.7 Å². The predicted octanol–water partition coefficient (Wildman–Crippen LogP) is 2.02. The van der Waals surface area contributed by atoms with Crippen LogP contribution < -0.4 is 14.8 Å². The second-order valence-electron chi connectivity index (χ2n) is 5.84. The minimum atomic E-state index is -0.607. The number of rotatable bonds is 7. The van der Waals surface area contributed by atoms with Crippen molar-refractivity contribution in [1.82, 2.24) is 10.2 Å². The molecule has 6 heteroatoms. The fourth-order valence-corrected chi connectivity index (χ4v) is 2.53. The molecule has 0 aliphatic carbocycles. The summed E-state index contributed by atoms with van der Waals surface area (Å²) in [7, 11) is 4.77. The Morgan fingerprint density at radius 3 is 2.31 bits per heavy atom. The molecule has 6 nitrogen and oxygen atoms in total. The molecule has 138 valence electrons. The zero-order valence-corrected chi connectivity index (χ0v) is 15.3. The quantitative estimate of drug-likeness (QED) is 0.771. The fraction of sp³-hybridized carbons (Fsp3) is 0.300. The summed E-state index contributed by atoms with van der Waals surface area (Å²) in [5.41, 5.74) is 1.95. The molecule has 0 saturated carbocycles. The molecule has 2 aromatic rings. The number of nitrogens with zero attached hydrogens (tertiary/aromatic N) is 1. The van der Waals surface area contributed by atoms with E-state index in [4.69, 9.17) is 9.47 Å². The highest BCUT2D eigenvalue weighted by Gasteiger charge is 2.18. The Bertz CT molecular complexity index is 747. The lowest BCUT2D eigenvalue weighted by molar-refractivity contribution is -0.145. The number of amides is 2. The Hall–Kier alpha value is -3.02. The SMILES string of the molecule is COc1ccc(CCNC(=O)C(=O)N(C)Cc2ccccc2)cc1OC. The summed E-state index contributed by atoms with van der Waals surface area (Å²) in [6, 6.07) is 15.1. The molecule has 2 amide bonds. The molecule has 0 aromatic heterocycles. The summed E-state index contributed by atoms with van der Waals surface area (Å²) in [4.78, 5) is 25.6. The van der Waals surface area contributed by atoms with E-state index in [0.717, 1.165) is 11.1 Å². The minimum Gasteiger partial charge on any atom is -0.493 e. The fourth-order valence-electron chi connectivity index (χ4n) is 2.53. The minimum absolute atomic E-state index is 0.360. The number of carbonyl (C=O) groups excluding carboxylic acids is 2. The van der Waals surface area contributed by atoms with Gasteiger partial charge in [-0.3, -0.25) is 9.59 Å². The van der Waals surface area contributed by atoms with E-state index in [9.17, 15) is 9.59 Å². The standard InChI is InChI=1S/C20H24N2O4/c1-22(14-16-7-5-4-6-8-16)20(24)19(23)21-12-11-15-9-10-17(25-2)18(13-15)26-3/h4-10,13H,11-12,14H2,1-3H3,(H,21,23). The van der Waals surface area contributed by atoms with Crippen molar-refractivity contribution < 1.29 is 19.1 Å². The Kier molecular flexibility index (Phi) is 7.02. The Balaban J connectivity index is 1.83. The molecule has 2 aromatic carbocycles. The second kappa shape index (κ2) is 9.46. The van der Waals surface area contributed by atoms with Gasteiger partial charge in [-0.15, -0.1) is 0 Å². The van der Waals surface area contributed by atoms with E-state index in [1.807, 2.05) is 48.5 Å². The molecular weight excluding hydrogens is 332 g/mol. The summed E-state index contributed by atoms with van der Waals surface area (Å²) in [6.45, 7) is 0.752. The number of likely N-dealkylation sites (N-methyl/N-ethyl adjacent to an activating group) is 1. The number of nitrogens with one attached hydrogen (secondary N) is 1. The number of ether oxygens (including phenoxy) is 2. The molecule has 0 unspecified atom stereocenters. The highest BCUT2D eigenvalue weighted by Crippen LogP contribution is 2.27. The van der Waals surface area contributed by atoms with Gasteiger partial charge in [0.2, 0.25) is 0 Å². The van der Waals surface area contributed by atoms with E-state index in [1.165, 1.54) is 4.90 Å². The van der Waals surface area contributed by atoms with E-state index >= 15 is 0 Å². The van der Waals surface area contributed by atoms with Crippen LogP contribution in [0.25, 0.3) is 0 Å². The van der Waals surface area contributed by atoms with Crippen LogP contribution in [0, 0.1) is 0 Å². The average Bonchev–Trinajstić information content (AvgIpc) is 2.67. The van der Waals surface area contributed by atoms with Crippen LogP contribution in [0.2, 0.25) is 0 Å². The van der Waals surface area contributed by atoms with Gasteiger partial charge in [0.15, 0.2) is 11.5 Å². The Morgan fingerprint density at radius 1 is 0.962 bits per heavy atom. The molecule has 0 saturated heterocycles. The summed E-state index contributed by atoms with van der Waals surface area (Å²) in [5, 5.41) is 2.66. The van der Waals surface area contributed by atoms with Gasteiger partial charge in [0.1, 0.15) is 0 Å². The van der Waals surface area contributed by atoms with Gasteiger partial charge in [0.05, 0.1) is 14.2 Å². The van der Waals surface area contributed by atoms with Crippen LogP contribution in [-0.4, -0.2) is 44.5 Å². The zero-order valence-electron chi connectivity index (χ0n) is 15.3. The normalized spacial score (nSPS) is 10.1. The number of hydrogen-bond acceptors (Lipinski definition) is 4. The summed E-state index contributed by atoms with van der Waals surface area (Å²) in [5.74, 6) is 0.123. The average molecular weight is 356 g/mol. The smallest absolute Gasteiger partial charge is 0.311 e. The number of benzene rings is 2. The Morgan fingerprint density at radius 2 is 1.65 bits per heavy atom. The number of hydrogen-bond donors (Lipinski definition) is 1. The Labute approximate surface area is 153 Å². The first-order chi connectivity index (χ1) is 12.5. The molecule has 0 atom stereocenters. The van der Waals surface area contributed by atoms with Crippen molar-refractivity contribution in [3.05, 3.63) is 59.7 Å². The van der Waals surface area contributed by atoms with Crippen molar-refractivity contribution in [2.24, 2.45) is 0 Å². The van der Waals surface area contributed by atoms with Crippen LogP contribution in [0.1, 0.15) is 11.1 Å². The monoisotopic (exact) mass is 356 g/mol. The number of methoxy groups -OCH3 is 2. The largest absolute Gasteiger partial charge is 0.493 e. The first-order valence-electron chi connectivity index (χ1n) is 8.33. The van der Waals surface area contributed by atoms with Gasteiger partial charge in [-0.2, -0.15) is 0 Å². The van der Waals surface area contributed by atoms with Crippen molar-refractivity contribution in [2.75, 3.05) is 27.8 Å². The third-order valence-corrected chi connectivity index (χ3v) is 3.95. The van der Waals surface area contributed by atoms with Crippen LogP contribution in [0.15, 0.2) is 48.5 Å². The molecule has 0 heterocycles. The van der Waals surface area contributed by atoms with Crippen LogP contribution >= 0.6 is 0 Å². The topological polar surface area (TPSA) is 67.9 Å². The molecule has 26 heavy (non-hydrogen) atoms. The van der Waals surface area contributed by atoms with Gasteiger partial charge in [0, 0.05) is 20.1 Å². The molecule has 1 N–H and O–H groups in total. The van der Waals surface area contributed by atoms with E-state index in [1.54, 1.807) is 21.3 Å². The van der Waals surface area contributed by atoms with Crippen molar-refractivity contribution in [2.45, 2.75) is 13.0 Å². The van der Waals surface area contributed by atoms with Crippen LogP contribution in [0.3, 0.4) is 0 Å². The zero-order chi connectivity index (χ0) is 18.9. The molecule has 2 rings (SSSR count). The lowest BCUT2D eigenvalue weighted by Crippen LogP contribution is -2.41. The van der Waals surface area contributed by atoms with Crippen LogP contribution in [0.5, 0.6) is 11.5 Å². The first kappa shape index (κ1) is 19.3. The van der Waals surface area contributed by atoms with E-state index in [0.29, 0.717) is 31.0 Å². The molecule has 0 aliphatic rings. The van der Waals surface area contributed by atoms with Gasteiger partial charge < -0.3 is 19.7 Å². The lowest BCUT2D eigenvalue weighted by atomic mass is 10.1. The molecule has 0 radical (unpaired) electrons. The maximum atomic E-state index is 12.2. The summed E-state index contributed by atoms with van der Waals surface area (Å²) >= 11 is 0. The molecule has 0 aliphatic heterocycles. The van der Waals surface area contributed by atoms with E-state index in [2.05, 4.69) is 5.32 Å². The maximum Gasteiger partial charge on any atom is 0.311 e. The van der Waals surface area contributed by atoms with Crippen LogP contribution in [0.4, 0.5) is 0 Å². The number of carbonyl (C=O) groups is 2. The van der Waals surface area contributed by atoms with Gasteiger partial charge >= 0.3 is 11.8 Å². The molecule has 0 spiro atoms. The van der Waals surface area contributed by atoms with Crippen LogP contribution in [-0.2, 0) is 22.6 Å². The van der Waals surface area contributed by atoms with E-state index < -0.39 is 11.8 Å². The van der Waals surface area contributed by atoms with E-state index in [-0.39, 0.29) is 0 Å². The summed E-state index contributed by atoms with van der Waals surface area (Å²) in [6.07, 6.45) is 0.585. The molecule has 0 bridgehead atoms. The van der Waals surface area contributed by atoms with Gasteiger partial charge in [0.25, 0.3) is 0 Å². The van der Waals surface area contributed by atoms with Crippen molar-refractivity contribution in [3.8, 4) is 11.5 Å². The third-order valence-electron chi connectivity index (χ3n) is 3.95. The maximum absolute atomic E-state index is 12.2. The van der Waals surface area contributed by atoms with Crippen molar-refractivity contribution in [1.29, 1.82) is 0 Å². The predicted molar refractivity (Wildman–Crippen MR) is 99.2 cm³/mol. The summed E-state index contributed by atoms with van der Waals surface area (Å²) < 4.78 is 10.5. The van der Waals surface area contributed by atoms with Crippen molar-refractivity contribution in [3.63, 3.8) is 0 Å². The molecule has 0 fully saturated rings. The highest BCUT2D eigenvalue weighted by molar-refractivity contribution is 6.34. The first-order valence-corrected chi connectivity index (χ1v) is 8.33. The third kappa shape index (κ3) is 5.24. The molecular formula is C20H24N2O4.